The topological polar surface area (TPSA) is 58.0 Å². The van der Waals surface area contributed by atoms with Crippen LogP contribution < -0.4 is 14.1 Å². The zero-order valence-corrected chi connectivity index (χ0v) is 17.0. The van der Waals surface area contributed by atoms with Gasteiger partial charge in [-0.1, -0.05) is 6.07 Å². The summed E-state index contributed by atoms with van der Waals surface area (Å²) in [7, 11) is -1.01. The highest BCUT2D eigenvalue weighted by molar-refractivity contribution is 7.92. The first-order valence-corrected chi connectivity index (χ1v) is 11.7. The molecule has 0 spiro atoms. The largest absolute Gasteiger partial charge is 0.337 e. The fourth-order valence-corrected chi connectivity index (χ4v) is 6.04. The first-order valence-electron chi connectivity index (χ1n) is 8.97. The number of nitrogens with one attached hydrogen (secondary N) is 1. The number of fused-ring (bicyclic) bond motifs is 1. The zero-order chi connectivity index (χ0) is 18.5. The molecule has 0 radical (unpaired) electrons. The lowest BCUT2D eigenvalue weighted by atomic mass is 10.1. The van der Waals surface area contributed by atoms with Crippen molar-refractivity contribution in [1.82, 2.24) is 4.98 Å². The van der Waals surface area contributed by atoms with E-state index in [2.05, 4.69) is 23.4 Å². The molecule has 1 N–H and O–H groups in total. The van der Waals surface area contributed by atoms with E-state index in [1.54, 1.807) is 16.2 Å². The minimum atomic E-state index is -3.25. The number of nitrogens with zero attached hydrogens (tertiary/aromatic N) is 3. The van der Waals surface area contributed by atoms with Gasteiger partial charge in [-0.2, -0.15) is 0 Å². The molecule has 0 saturated carbocycles. The van der Waals surface area contributed by atoms with Crippen molar-refractivity contribution in [2.45, 2.75) is 19.4 Å². The molecule has 4 rings (SSSR count). The Kier molecular flexibility index (Phi) is 4.45. The van der Waals surface area contributed by atoms with Crippen LogP contribution in [0.2, 0.25) is 0 Å². The predicted octanol–water partition coefficient (Wildman–Crippen LogP) is 0.855. The third-order valence-electron chi connectivity index (χ3n) is 5.27. The highest BCUT2D eigenvalue weighted by atomic mass is 32.2. The molecule has 1 atom stereocenters. The predicted molar refractivity (Wildman–Crippen MR) is 107 cm³/mol. The normalized spacial score (nSPS) is 21.3. The number of benzene rings is 1. The lowest BCUT2D eigenvalue weighted by Crippen LogP contribution is -3.12. The van der Waals surface area contributed by atoms with Gasteiger partial charge in [0.25, 0.3) is 0 Å². The van der Waals surface area contributed by atoms with Gasteiger partial charge in [0.2, 0.25) is 10.0 Å². The summed E-state index contributed by atoms with van der Waals surface area (Å²) in [5.74, 6) is 0. The number of piperazine rings is 1. The van der Waals surface area contributed by atoms with Gasteiger partial charge >= 0.3 is 0 Å². The molecule has 1 aromatic carbocycles. The second-order valence-corrected chi connectivity index (χ2v) is 10.1. The second-order valence-electron chi connectivity index (χ2n) is 7.41. The Bertz CT molecular complexity index is 917. The fraction of sp³-hybridized carbons (Fsp3) is 0.500. The SMILES string of the molecule is C[C@H]1Cc2cc(-c3csc(N4CC[NH+](C)CC4)n3)ccc2N1S(C)(=O)=O. The minimum absolute atomic E-state index is 0.0333. The van der Waals surface area contributed by atoms with Gasteiger partial charge in [0.1, 0.15) is 0 Å². The Morgan fingerprint density at radius 2 is 2.00 bits per heavy atom. The van der Waals surface area contributed by atoms with Gasteiger partial charge in [0.15, 0.2) is 5.13 Å². The lowest BCUT2D eigenvalue weighted by Gasteiger charge is -2.29. The number of thiazole rings is 1. The van der Waals surface area contributed by atoms with Crippen LogP contribution in [-0.4, -0.2) is 58.9 Å². The number of hydrogen-bond acceptors (Lipinski definition) is 5. The van der Waals surface area contributed by atoms with E-state index in [0.29, 0.717) is 0 Å². The van der Waals surface area contributed by atoms with E-state index in [0.717, 1.165) is 60.2 Å². The van der Waals surface area contributed by atoms with E-state index in [1.165, 1.54) is 10.6 Å². The Hall–Kier alpha value is -1.64. The van der Waals surface area contributed by atoms with Gasteiger partial charge in [-0.25, -0.2) is 13.4 Å². The molecule has 1 aromatic heterocycles. The third-order valence-corrected chi connectivity index (χ3v) is 7.44. The summed E-state index contributed by atoms with van der Waals surface area (Å²) in [6, 6.07) is 5.98. The van der Waals surface area contributed by atoms with Gasteiger partial charge in [0.05, 0.1) is 50.9 Å². The molecular formula is C18H25N4O2S2+. The molecule has 1 fully saturated rings. The zero-order valence-electron chi connectivity index (χ0n) is 15.4. The van der Waals surface area contributed by atoms with Gasteiger partial charge in [-0.05, 0) is 31.0 Å². The Balaban J connectivity index is 1.60. The molecular weight excluding hydrogens is 368 g/mol. The van der Waals surface area contributed by atoms with E-state index in [-0.39, 0.29) is 6.04 Å². The molecule has 0 aliphatic carbocycles. The summed E-state index contributed by atoms with van der Waals surface area (Å²) < 4.78 is 25.7. The summed E-state index contributed by atoms with van der Waals surface area (Å²) in [4.78, 5) is 8.78. The highest BCUT2D eigenvalue weighted by Crippen LogP contribution is 2.37. The van der Waals surface area contributed by atoms with E-state index in [1.807, 2.05) is 19.1 Å². The van der Waals surface area contributed by atoms with Crippen LogP contribution in [0.3, 0.4) is 0 Å². The maximum Gasteiger partial charge on any atom is 0.232 e. The van der Waals surface area contributed by atoms with Crippen LogP contribution in [0.15, 0.2) is 23.6 Å². The van der Waals surface area contributed by atoms with E-state index in [9.17, 15) is 8.42 Å². The molecule has 0 amide bonds. The maximum absolute atomic E-state index is 12.1. The lowest BCUT2D eigenvalue weighted by molar-refractivity contribution is -0.880. The molecule has 3 heterocycles. The highest BCUT2D eigenvalue weighted by Gasteiger charge is 2.32. The van der Waals surface area contributed by atoms with Crippen LogP contribution in [-0.2, 0) is 16.4 Å². The van der Waals surface area contributed by atoms with Gasteiger partial charge in [-0.15, -0.1) is 11.3 Å². The van der Waals surface area contributed by atoms with Crippen LogP contribution >= 0.6 is 11.3 Å². The Morgan fingerprint density at radius 1 is 1.27 bits per heavy atom. The molecule has 8 heteroatoms. The van der Waals surface area contributed by atoms with Crippen LogP contribution in [0.5, 0.6) is 0 Å². The first-order chi connectivity index (χ1) is 12.3. The first kappa shape index (κ1) is 17.8. The molecule has 0 bridgehead atoms. The third kappa shape index (κ3) is 3.21. The molecule has 26 heavy (non-hydrogen) atoms. The quantitative estimate of drug-likeness (QED) is 0.840. The fourth-order valence-electron chi connectivity index (χ4n) is 3.89. The monoisotopic (exact) mass is 393 g/mol. The number of sulfonamides is 1. The van der Waals surface area contributed by atoms with Crippen molar-refractivity contribution < 1.29 is 13.3 Å². The van der Waals surface area contributed by atoms with Crippen molar-refractivity contribution in [2.75, 3.05) is 48.7 Å². The molecule has 0 unspecified atom stereocenters. The summed E-state index contributed by atoms with van der Waals surface area (Å²) in [5.41, 5.74) is 3.93. The maximum atomic E-state index is 12.1. The molecule has 2 aromatic rings. The summed E-state index contributed by atoms with van der Waals surface area (Å²) in [5, 5.41) is 3.19. The standard InChI is InChI=1S/C18H24N4O2S2/c1-13-10-15-11-14(4-5-17(15)22(13)26(3,23)24)16-12-25-18(19-16)21-8-6-20(2)7-9-21/h4-5,11-13H,6-10H2,1-3H3/p+1/t13-/m0/s1. The minimum Gasteiger partial charge on any atom is -0.337 e. The van der Waals surface area contributed by atoms with Crippen LogP contribution in [0, 0.1) is 0 Å². The smallest absolute Gasteiger partial charge is 0.232 e. The number of rotatable bonds is 3. The summed E-state index contributed by atoms with van der Waals surface area (Å²) >= 11 is 1.69. The van der Waals surface area contributed by atoms with Gasteiger partial charge in [0, 0.05) is 17.0 Å². The molecule has 1 saturated heterocycles. The average molecular weight is 394 g/mol. The number of aromatic nitrogens is 1. The van der Waals surface area contributed by atoms with Crippen molar-refractivity contribution in [3.05, 3.63) is 29.1 Å². The van der Waals surface area contributed by atoms with Crippen molar-refractivity contribution in [3.63, 3.8) is 0 Å². The van der Waals surface area contributed by atoms with E-state index < -0.39 is 10.0 Å². The van der Waals surface area contributed by atoms with Crippen LogP contribution in [0.1, 0.15) is 12.5 Å². The van der Waals surface area contributed by atoms with Gasteiger partial charge < -0.3 is 9.80 Å². The summed E-state index contributed by atoms with van der Waals surface area (Å²) in [6.45, 7) is 6.34. The molecule has 2 aliphatic rings. The molecule has 140 valence electrons. The van der Waals surface area contributed by atoms with E-state index >= 15 is 0 Å². The number of anilines is 2. The summed E-state index contributed by atoms with van der Waals surface area (Å²) in [6.07, 6.45) is 2.02. The van der Waals surface area contributed by atoms with E-state index in [4.69, 9.17) is 4.98 Å². The van der Waals surface area contributed by atoms with Crippen molar-refractivity contribution in [1.29, 1.82) is 0 Å². The Labute approximate surface area is 159 Å². The Morgan fingerprint density at radius 3 is 2.69 bits per heavy atom. The molecule has 2 aliphatic heterocycles. The van der Waals surface area contributed by atoms with Gasteiger partial charge in [-0.3, -0.25) is 4.31 Å². The average Bonchev–Trinajstić information content (AvgIpc) is 3.17. The number of hydrogen-bond donors (Lipinski definition) is 1. The number of quaternary nitrogens is 1. The van der Waals surface area contributed by atoms with Crippen LogP contribution in [0.4, 0.5) is 10.8 Å². The second kappa shape index (κ2) is 6.51. The van der Waals surface area contributed by atoms with Crippen molar-refractivity contribution >= 4 is 32.2 Å². The molecule has 6 nitrogen and oxygen atoms in total. The number of likely N-dealkylation sites (N-methyl/N-ethyl adjacent to an activating group) is 1. The van der Waals surface area contributed by atoms with Crippen molar-refractivity contribution in [3.8, 4) is 11.3 Å². The van der Waals surface area contributed by atoms with Crippen molar-refractivity contribution in [2.24, 2.45) is 0 Å². The van der Waals surface area contributed by atoms with Crippen LogP contribution in [0.25, 0.3) is 11.3 Å².